The van der Waals surface area contributed by atoms with E-state index in [0.717, 1.165) is 42.7 Å². The van der Waals surface area contributed by atoms with Crippen molar-refractivity contribution < 1.29 is 0 Å². The summed E-state index contributed by atoms with van der Waals surface area (Å²) in [4.78, 5) is 2.50. The van der Waals surface area contributed by atoms with Gasteiger partial charge in [0.2, 0.25) is 0 Å². The summed E-state index contributed by atoms with van der Waals surface area (Å²) in [5, 5.41) is 4.99. The Labute approximate surface area is 429 Å². The fraction of sp³-hybridized carbons (Fsp3) is 0.111. The maximum atomic E-state index is 2.55. The van der Waals surface area contributed by atoms with E-state index >= 15 is 0 Å². The lowest BCUT2D eigenvalue weighted by Gasteiger charge is -2.38. The van der Waals surface area contributed by atoms with Crippen LogP contribution in [-0.4, -0.2) is 0 Å². The fourth-order valence-electron chi connectivity index (χ4n) is 13.2. The van der Waals surface area contributed by atoms with Crippen LogP contribution >= 0.6 is 0 Å². The highest BCUT2D eigenvalue weighted by Gasteiger charge is 2.48. The Kier molecular flexibility index (Phi) is 10.1. The van der Waals surface area contributed by atoms with Gasteiger partial charge < -0.3 is 4.90 Å². The highest BCUT2D eigenvalue weighted by atomic mass is 15.1. The molecule has 0 aliphatic heterocycles. The molecule has 0 N–H and O–H groups in total. The molecule has 0 heterocycles. The van der Waals surface area contributed by atoms with E-state index in [0.29, 0.717) is 0 Å². The topological polar surface area (TPSA) is 3.24 Å². The van der Waals surface area contributed by atoms with E-state index in [9.17, 15) is 0 Å². The molecule has 0 bridgehead atoms. The van der Waals surface area contributed by atoms with Gasteiger partial charge in [-0.3, -0.25) is 0 Å². The molecular weight excluding hydrogens is 879 g/mol. The first kappa shape index (κ1) is 43.3. The molecule has 348 valence electrons. The smallest absolute Gasteiger partial charge is 0.0674 e. The molecule has 1 nitrogen and oxygen atoms in total. The number of anilines is 3. The fourth-order valence-corrected chi connectivity index (χ4v) is 13.2. The summed E-state index contributed by atoms with van der Waals surface area (Å²) in [6.45, 7) is 4.74. The van der Waals surface area contributed by atoms with Crippen LogP contribution < -0.4 is 4.90 Å². The number of rotatable bonds is 8. The van der Waals surface area contributed by atoms with Crippen LogP contribution in [0.2, 0.25) is 0 Å². The Hall–Kier alpha value is -8.52. The highest BCUT2D eigenvalue weighted by Crippen LogP contribution is 2.59. The van der Waals surface area contributed by atoms with E-state index in [2.05, 4.69) is 268 Å². The Morgan fingerprint density at radius 3 is 1.95 bits per heavy atom. The lowest BCUT2D eigenvalue weighted by Crippen LogP contribution is -2.31. The summed E-state index contributed by atoms with van der Waals surface area (Å²) in [6, 6.07) is 82.4. The van der Waals surface area contributed by atoms with Gasteiger partial charge >= 0.3 is 0 Å². The first-order chi connectivity index (χ1) is 35.9. The zero-order chi connectivity index (χ0) is 48.7. The minimum absolute atomic E-state index is 0.0891. The predicted molar refractivity (Wildman–Crippen MR) is 309 cm³/mol. The Balaban J connectivity index is 0.950. The number of hydrogen-bond donors (Lipinski definition) is 0. The van der Waals surface area contributed by atoms with Crippen LogP contribution in [0.15, 0.2) is 260 Å². The van der Waals surface area contributed by atoms with Crippen LogP contribution in [0, 0.1) is 0 Å². The predicted octanol–water partition coefficient (Wildman–Crippen LogP) is 19.4. The van der Waals surface area contributed by atoms with Crippen molar-refractivity contribution in [2.45, 2.75) is 50.4 Å². The minimum Gasteiger partial charge on any atom is -0.310 e. The molecular formula is C72H55N. The van der Waals surface area contributed by atoms with Crippen molar-refractivity contribution in [2.24, 2.45) is 0 Å². The summed E-state index contributed by atoms with van der Waals surface area (Å²) < 4.78 is 0. The third kappa shape index (κ3) is 6.83. The molecule has 4 aliphatic rings. The van der Waals surface area contributed by atoms with Gasteiger partial charge in [-0.1, -0.05) is 220 Å². The average molecular weight is 934 g/mol. The molecule has 4 aliphatic carbocycles. The maximum absolute atomic E-state index is 2.55. The van der Waals surface area contributed by atoms with E-state index in [1.165, 1.54) is 111 Å². The second-order valence-corrected chi connectivity index (χ2v) is 21.0. The van der Waals surface area contributed by atoms with Crippen LogP contribution in [0.3, 0.4) is 0 Å². The SMILES string of the molecule is CC1(C)c2ccccc2-c2ccc(-c3cccc(N(c4ccc(-c5ccc6ccccc6c5-c5ccc6ccccc6c5)cc4)c4ccc5c(c4)C(C4=CC=CCC4)(c4ccccc4)C4=C5CCC=C4)c3)cc21. The Bertz CT molecular complexity index is 3990. The molecule has 0 spiro atoms. The molecule has 1 heteroatoms. The normalized spacial score (nSPS) is 17.0. The number of hydrogen-bond acceptors (Lipinski definition) is 1. The largest absolute Gasteiger partial charge is 0.310 e. The maximum Gasteiger partial charge on any atom is 0.0674 e. The molecule has 0 radical (unpaired) electrons. The zero-order valence-corrected chi connectivity index (χ0v) is 41.4. The standard InChI is InChI=1S/C72H55N/c1-71(2)66-30-15-13-28-62(66)64-42-37-53(46-68(64)71)52-21-17-26-58(45-52)73(59-40-43-65-63-29-14-16-31-67(63)72(69(65)47-59,55-22-5-3-6-23-55)56-24-7-4-8-25-56)57-38-34-50(35-39-57)61-41-36-49-19-11-12-27-60(49)70(61)54-33-32-48-18-9-10-20-51(48)44-54/h3-7,9-13,15-24,26-28,30-47H,8,14,25,29H2,1-2H3. The molecule has 10 aromatic carbocycles. The van der Waals surface area contributed by atoms with Gasteiger partial charge in [-0.05, 0) is 179 Å². The lowest BCUT2D eigenvalue weighted by atomic mass is 9.64. The number of allylic oxidation sites excluding steroid dienone is 8. The molecule has 10 aromatic rings. The van der Waals surface area contributed by atoms with Gasteiger partial charge in [0.15, 0.2) is 0 Å². The van der Waals surface area contributed by atoms with Gasteiger partial charge in [0.1, 0.15) is 0 Å². The van der Waals surface area contributed by atoms with Crippen LogP contribution in [0.4, 0.5) is 17.1 Å². The quantitative estimate of drug-likeness (QED) is 0.147. The van der Waals surface area contributed by atoms with Crippen molar-refractivity contribution in [1.82, 2.24) is 0 Å². The minimum atomic E-state index is -0.398. The number of benzene rings is 10. The second-order valence-electron chi connectivity index (χ2n) is 21.0. The van der Waals surface area contributed by atoms with E-state index in [1.54, 1.807) is 0 Å². The first-order valence-corrected chi connectivity index (χ1v) is 26.2. The average Bonchev–Trinajstić information content (AvgIpc) is 3.88. The van der Waals surface area contributed by atoms with E-state index in [-0.39, 0.29) is 5.41 Å². The molecule has 0 saturated carbocycles. The van der Waals surface area contributed by atoms with Crippen molar-refractivity contribution in [3.63, 3.8) is 0 Å². The summed E-state index contributed by atoms with van der Waals surface area (Å²) in [5.74, 6) is 0. The molecule has 0 amide bonds. The number of nitrogens with zero attached hydrogens (tertiary/aromatic N) is 1. The van der Waals surface area contributed by atoms with Crippen LogP contribution in [0.25, 0.3) is 71.6 Å². The van der Waals surface area contributed by atoms with Gasteiger partial charge in [-0.15, -0.1) is 0 Å². The summed E-state index contributed by atoms with van der Waals surface area (Å²) in [7, 11) is 0. The Morgan fingerprint density at radius 1 is 0.411 bits per heavy atom. The van der Waals surface area contributed by atoms with Gasteiger partial charge in [0.05, 0.1) is 5.41 Å². The van der Waals surface area contributed by atoms with Crippen molar-refractivity contribution in [2.75, 3.05) is 4.90 Å². The lowest BCUT2D eigenvalue weighted by molar-refractivity contribution is 0.660. The molecule has 0 aromatic heterocycles. The Morgan fingerprint density at radius 2 is 1.08 bits per heavy atom. The summed E-state index contributed by atoms with van der Waals surface area (Å²) in [5.41, 5.74) is 24.2. The third-order valence-corrected chi connectivity index (χ3v) is 16.7. The molecule has 14 rings (SSSR count). The van der Waals surface area contributed by atoms with Crippen molar-refractivity contribution >= 4 is 44.2 Å². The third-order valence-electron chi connectivity index (χ3n) is 16.7. The van der Waals surface area contributed by atoms with Crippen molar-refractivity contribution in [1.29, 1.82) is 0 Å². The van der Waals surface area contributed by atoms with E-state index < -0.39 is 5.41 Å². The zero-order valence-electron chi connectivity index (χ0n) is 41.4. The highest BCUT2D eigenvalue weighted by molar-refractivity contribution is 6.06. The van der Waals surface area contributed by atoms with Crippen LogP contribution in [0.5, 0.6) is 0 Å². The van der Waals surface area contributed by atoms with Crippen molar-refractivity contribution in [3.8, 4) is 44.5 Å². The molecule has 0 saturated heterocycles. The first-order valence-electron chi connectivity index (χ1n) is 26.2. The molecule has 1 atom stereocenters. The van der Waals surface area contributed by atoms with Gasteiger partial charge in [-0.2, -0.15) is 0 Å². The second kappa shape index (κ2) is 17.1. The van der Waals surface area contributed by atoms with Crippen LogP contribution in [0.1, 0.15) is 67.3 Å². The van der Waals surface area contributed by atoms with Gasteiger partial charge in [-0.25, -0.2) is 0 Å². The van der Waals surface area contributed by atoms with E-state index in [1.807, 2.05) is 0 Å². The monoisotopic (exact) mass is 933 g/mol. The number of fused-ring (bicyclic) bond motifs is 7. The van der Waals surface area contributed by atoms with E-state index in [4.69, 9.17) is 0 Å². The molecule has 1 unspecified atom stereocenters. The summed E-state index contributed by atoms with van der Waals surface area (Å²) in [6.07, 6.45) is 16.1. The van der Waals surface area contributed by atoms with Gasteiger partial charge in [0.25, 0.3) is 0 Å². The van der Waals surface area contributed by atoms with Crippen molar-refractivity contribution in [3.05, 3.63) is 288 Å². The molecule has 0 fully saturated rings. The molecule has 73 heavy (non-hydrogen) atoms. The van der Waals surface area contributed by atoms with Crippen LogP contribution in [-0.2, 0) is 10.8 Å². The van der Waals surface area contributed by atoms with Gasteiger partial charge in [0, 0.05) is 22.5 Å². The summed E-state index contributed by atoms with van der Waals surface area (Å²) >= 11 is 0.